The number of halogens is 1. The number of aryl methyl sites for hydroxylation is 2. The molecule has 0 saturated carbocycles. The van der Waals surface area contributed by atoms with Crippen LogP contribution in [0.5, 0.6) is 0 Å². The van der Waals surface area contributed by atoms with Gasteiger partial charge in [-0.15, -0.1) is 0 Å². The quantitative estimate of drug-likeness (QED) is 0.586. The maximum atomic E-state index is 6.22. The Balaban J connectivity index is 2.12. The standard InChI is InChI=1S/C19H28ClN5/c1-5-17-15(18(6-2)25(4)24-17)13-23-19(21-7-3)22-12-14-10-8-9-11-16(14)20/h8-11H,5-7,12-13H2,1-4H3,(H2,21,22,23). The average Bonchev–Trinajstić information content (AvgIpc) is 2.93. The third-order valence-corrected chi connectivity index (χ3v) is 4.54. The number of rotatable bonds is 7. The number of hydrogen-bond acceptors (Lipinski definition) is 2. The summed E-state index contributed by atoms with van der Waals surface area (Å²) in [7, 11) is 2.01. The second kappa shape index (κ2) is 9.47. The van der Waals surface area contributed by atoms with E-state index >= 15 is 0 Å². The van der Waals surface area contributed by atoms with Crippen molar-refractivity contribution < 1.29 is 0 Å². The molecule has 0 aliphatic carbocycles. The molecule has 2 rings (SSSR count). The molecule has 0 bridgehead atoms. The zero-order valence-corrected chi connectivity index (χ0v) is 16.3. The topological polar surface area (TPSA) is 54.2 Å². The van der Waals surface area contributed by atoms with Crippen molar-refractivity contribution in [2.75, 3.05) is 6.54 Å². The molecule has 0 radical (unpaired) electrons. The fourth-order valence-electron chi connectivity index (χ4n) is 2.90. The molecule has 0 fully saturated rings. The Labute approximate surface area is 155 Å². The summed E-state index contributed by atoms with van der Waals surface area (Å²) < 4.78 is 1.99. The van der Waals surface area contributed by atoms with E-state index in [0.29, 0.717) is 13.1 Å². The van der Waals surface area contributed by atoms with E-state index in [1.165, 1.54) is 11.3 Å². The van der Waals surface area contributed by atoms with E-state index in [1.54, 1.807) is 0 Å². The highest BCUT2D eigenvalue weighted by Crippen LogP contribution is 2.16. The van der Waals surface area contributed by atoms with E-state index in [1.807, 2.05) is 36.0 Å². The van der Waals surface area contributed by atoms with E-state index in [4.69, 9.17) is 11.6 Å². The first-order valence-electron chi connectivity index (χ1n) is 8.89. The van der Waals surface area contributed by atoms with Gasteiger partial charge in [0.25, 0.3) is 0 Å². The summed E-state index contributed by atoms with van der Waals surface area (Å²) >= 11 is 6.22. The third-order valence-electron chi connectivity index (χ3n) is 4.17. The van der Waals surface area contributed by atoms with Gasteiger partial charge < -0.3 is 10.6 Å². The Bertz CT molecular complexity index is 721. The number of hydrogen-bond donors (Lipinski definition) is 2. The molecule has 0 atom stereocenters. The van der Waals surface area contributed by atoms with Crippen molar-refractivity contribution in [2.45, 2.75) is 46.7 Å². The Morgan fingerprint density at radius 1 is 1.16 bits per heavy atom. The van der Waals surface area contributed by atoms with Crippen molar-refractivity contribution in [3.63, 3.8) is 0 Å². The van der Waals surface area contributed by atoms with Crippen molar-refractivity contribution in [3.8, 4) is 0 Å². The minimum Gasteiger partial charge on any atom is -0.357 e. The van der Waals surface area contributed by atoms with Crippen LogP contribution in [-0.2, 0) is 33.0 Å². The van der Waals surface area contributed by atoms with Crippen LogP contribution in [0.2, 0.25) is 5.02 Å². The lowest BCUT2D eigenvalue weighted by atomic mass is 10.1. The van der Waals surface area contributed by atoms with Gasteiger partial charge in [-0.1, -0.05) is 43.6 Å². The van der Waals surface area contributed by atoms with Crippen LogP contribution in [0.4, 0.5) is 0 Å². The van der Waals surface area contributed by atoms with Crippen molar-refractivity contribution in [1.82, 2.24) is 20.4 Å². The monoisotopic (exact) mass is 361 g/mol. The average molecular weight is 362 g/mol. The van der Waals surface area contributed by atoms with Gasteiger partial charge in [-0.3, -0.25) is 4.68 Å². The van der Waals surface area contributed by atoms with Crippen LogP contribution in [0.1, 0.15) is 43.3 Å². The maximum Gasteiger partial charge on any atom is 0.191 e. The van der Waals surface area contributed by atoms with Gasteiger partial charge >= 0.3 is 0 Å². The molecule has 0 unspecified atom stereocenters. The minimum atomic E-state index is 0.545. The van der Waals surface area contributed by atoms with Gasteiger partial charge in [0, 0.05) is 36.4 Å². The lowest BCUT2D eigenvalue weighted by Gasteiger charge is -2.13. The van der Waals surface area contributed by atoms with Gasteiger partial charge in [-0.05, 0) is 31.4 Å². The number of nitrogens with zero attached hydrogens (tertiary/aromatic N) is 3. The zero-order chi connectivity index (χ0) is 18.2. The SMILES string of the molecule is CCNC(=NCc1ccccc1Cl)NCc1c(CC)nn(C)c1CC. The van der Waals surface area contributed by atoms with Gasteiger partial charge in [0.05, 0.1) is 12.2 Å². The minimum absolute atomic E-state index is 0.545. The van der Waals surface area contributed by atoms with E-state index < -0.39 is 0 Å². The molecule has 2 N–H and O–H groups in total. The van der Waals surface area contributed by atoms with Gasteiger partial charge in [0.1, 0.15) is 0 Å². The molecule has 6 heteroatoms. The third kappa shape index (κ3) is 4.98. The fraction of sp³-hybridized carbons (Fsp3) is 0.474. The first-order valence-corrected chi connectivity index (χ1v) is 9.27. The molecular weight excluding hydrogens is 334 g/mol. The maximum absolute atomic E-state index is 6.22. The molecular formula is C19H28ClN5. The summed E-state index contributed by atoms with van der Waals surface area (Å²) in [4.78, 5) is 4.66. The van der Waals surface area contributed by atoms with Crippen LogP contribution < -0.4 is 10.6 Å². The van der Waals surface area contributed by atoms with Crippen LogP contribution >= 0.6 is 11.6 Å². The Hall–Kier alpha value is -2.01. The molecule has 2 aromatic rings. The molecule has 0 spiro atoms. The van der Waals surface area contributed by atoms with Gasteiger partial charge in [0.15, 0.2) is 5.96 Å². The second-order valence-electron chi connectivity index (χ2n) is 5.84. The van der Waals surface area contributed by atoms with Crippen LogP contribution in [-0.4, -0.2) is 22.3 Å². The second-order valence-corrected chi connectivity index (χ2v) is 6.25. The lowest BCUT2D eigenvalue weighted by Crippen LogP contribution is -2.37. The Morgan fingerprint density at radius 3 is 2.56 bits per heavy atom. The van der Waals surface area contributed by atoms with Gasteiger partial charge in [-0.2, -0.15) is 5.10 Å². The van der Waals surface area contributed by atoms with Crippen molar-refractivity contribution in [3.05, 3.63) is 51.8 Å². The summed E-state index contributed by atoms with van der Waals surface area (Å²) in [6.07, 6.45) is 1.89. The van der Waals surface area contributed by atoms with Crippen molar-refractivity contribution in [2.24, 2.45) is 12.0 Å². The van der Waals surface area contributed by atoms with E-state index in [-0.39, 0.29) is 0 Å². The van der Waals surface area contributed by atoms with Crippen LogP contribution in [0.3, 0.4) is 0 Å². The van der Waals surface area contributed by atoms with Crippen LogP contribution in [0.15, 0.2) is 29.3 Å². The molecule has 25 heavy (non-hydrogen) atoms. The highest BCUT2D eigenvalue weighted by molar-refractivity contribution is 6.31. The first-order chi connectivity index (χ1) is 12.1. The summed E-state index contributed by atoms with van der Waals surface area (Å²) in [5.41, 5.74) is 4.71. The molecule has 0 amide bonds. The smallest absolute Gasteiger partial charge is 0.191 e. The molecule has 0 aliphatic heterocycles. The lowest BCUT2D eigenvalue weighted by molar-refractivity contribution is 0.702. The summed E-state index contributed by atoms with van der Waals surface area (Å²) in [5, 5.41) is 12.1. The molecule has 0 saturated heterocycles. The number of benzene rings is 1. The molecule has 0 aliphatic rings. The molecule has 5 nitrogen and oxygen atoms in total. The molecule has 1 aromatic carbocycles. The summed E-state index contributed by atoms with van der Waals surface area (Å²) in [6.45, 7) is 8.44. The summed E-state index contributed by atoms with van der Waals surface area (Å²) in [6, 6.07) is 7.80. The van der Waals surface area contributed by atoms with Crippen LogP contribution in [0.25, 0.3) is 0 Å². The highest BCUT2D eigenvalue weighted by Gasteiger charge is 2.13. The number of nitrogens with one attached hydrogen (secondary N) is 2. The zero-order valence-electron chi connectivity index (χ0n) is 15.6. The number of guanidine groups is 1. The van der Waals surface area contributed by atoms with Crippen LogP contribution in [0, 0.1) is 0 Å². The fourth-order valence-corrected chi connectivity index (χ4v) is 3.09. The number of aliphatic imine (C=N–C) groups is 1. The van der Waals surface area contributed by atoms with Gasteiger partial charge in [-0.25, -0.2) is 4.99 Å². The van der Waals surface area contributed by atoms with E-state index in [0.717, 1.165) is 41.6 Å². The van der Waals surface area contributed by atoms with E-state index in [2.05, 4.69) is 41.5 Å². The largest absolute Gasteiger partial charge is 0.357 e. The Morgan fingerprint density at radius 2 is 1.92 bits per heavy atom. The normalized spacial score (nSPS) is 11.6. The van der Waals surface area contributed by atoms with E-state index in [9.17, 15) is 0 Å². The molecule has 1 heterocycles. The van der Waals surface area contributed by atoms with Gasteiger partial charge in [0.2, 0.25) is 0 Å². The van der Waals surface area contributed by atoms with Crippen molar-refractivity contribution >= 4 is 17.6 Å². The molecule has 1 aromatic heterocycles. The number of aromatic nitrogens is 2. The summed E-state index contributed by atoms with van der Waals surface area (Å²) in [5.74, 6) is 0.787. The van der Waals surface area contributed by atoms with Crippen molar-refractivity contribution in [1.29, 1.82) is 0 Å². The first kappa shape index (κ1) is 19.3. The Kier molecular flexibility index (Phi) is 7.31. The highest BCUT2D eigenvalue weighted by atomic mass is 35.5. The predicted molar refractivity (Wildman–Crippen MR) is 105 cm³/mol. The molecule has 136 valence electrons. The predicted octanol–water partition coefficient (Wildman–Crippen LogP) is 3.45.